The van der Waals surface area contributed by atoms with E-state index in [9.17, 15) is 0 Å². The van der Waals surface area contributed by atoms with Crippen molar-refractivity contribution >= 4 is 17.0 Å². The molecule has 2 nitrogen and oxygen atoms in total. The van der Waals surface area contributed by atoms with Crippen molar-refractivity contribution in [3.05, 3.63) is 23.3 Å². The SMILES string of the molecule is CC(C)=C1CC=CCC1.O=C(O)Cl. The molecule has 3 heteroatoms. The van der Waals surface area contributed by atoms with E-state index in [0.717, 1.165) is 0 Å². The number of hydrogen-bond acceptors (Lipinski definition) is 1. The Morgan fingerprint density at radius 2 is 2.00 bits per heavy atom. The van der Waals surface area contributed by atoms with E-state index in [1.165, 1.54) is 24.8 Å². The molecule has 13 heavy (non-hydrogen) atoms. The third-order valence-electron chi connectivity index (χ3n) is 1.85. The summed E-state index contributed by atoms with van der Waals surface area (Å²) in [5, 5.41) is 7.18. The zero-order valence-corrected chi connectivity index (χ0v) is 8.77. The van der Waals surface area contributed by atoms with Gasteiger partial charge in [0.05, 0.1) is 0 Å². The molecule has 0 aliphatic heterocycles. The van der Waals surface area contributed by atoms with Gasteiger partial charge < -0.3 is 5.11 Å². The van der Waals surface area contributed by atoms with Gasteiger partial charge in [0.1, 0.15) is 0 Å². The lowest BCUT2D eigenvalue weighted by molar-refractivity contribution is 0.220. The Kier molecular flexibility index (Phi) is 6.33. The standard InChI is InChI=1S/C9H14.CHClO2/c1-8(2)9-6-4-3-5-7-9;2-1(3)4/h3-4H,5-7H2,1-2H3;(H,3,4). The van der Waals surface area contributed by atoms with Gasteiger partial charge in [-0.1, -0.05) is 23.3 Å². The lowest BCUT2D eigenvalue weighted by Gasteiger charge is -2.09. The van der Waals surface area contributed by atoms with Crippen molar-refractivity contribution in [3.63, 3.8) is 0 Å². The van der Waals surface area contributed by atoms with Crippen LogP contribution in [-0.2, 0) is 0 Å². The van der Waals surface area contributed by atoms with Gasteiger partial charge in [-0.25, -0.2) is 4.79 Å². The smallest absolute Gasteiger partial charge is 0.401 e. The Morgan fingerprint density at radius 1 is 1.46 bits per heavy atom. The van der Waals surface area contributed by atoms with Crippen LogP contribution in [0.3, 0.4) is 0 Å². The van der Waals surface area contributed by atoms with Crippen LogP contribution < -0.4 is 0 Å². The molecule has 0 aromatic heterocycles. The number of allylic oxidation sites excluding steroid dienone is 4. The maximum Gasteiger partial charge on any atom is 0.401 e. The molecule has 0 atom stereocenters. The van der Waals surface area contributed by atoms with E-state index in [4.69, 9.17) is 9.90 Å². The average Bonchev–Trinajstić information content (AvgIpc) is 2.05. The van der Waals surface area contributed by atoms with E-state index in [1.807, 2.05) is 0 Å². The predicted molar refractivity (Wildman–Crippen MR) is 55.2 cm³/mol. The molecule has 0 saturated carbocycles. The fourth-order valence-corrected chi connectivity index (χ4v) is 1.16. The fourth-order valence-electron chi connectivity index (χ4n) is 1.16. The second-order valence-electron chi connectivity index (χ2n) is 3.07. The summed E-state index contributed by atoms with van der Waals surface area (Å²) in [6.07, 6.45) is 8.28. The number of carboxylic acid groups (broad SMARTS) is 1. The van der Waals surface area contributed by atoms with E-state index in [0.29, 0.717) is 0 Å². The van der Waals surface area contributed by atoms with Crippen LogP contribution in [0.25, 0.3) is 0 Å². The van der Waals surface area contributed by atoms with Gasteiger partial charge in [-0.05, 0) is 33.1 Å². The van der Waals surface area contributed by atoms with Gasteiger partial charge in [0.25, 0.3) is 0 Å². The van der Waals surface area contributed by atoms with Gasteiger partial charge in [-0.2, -0.15) is 0 Å². The lowest BCUT2D eigenvalue weighted by Crippen LogP contribution is -1.89. The van der Waals surface area contributed by atoms with E-state index in [1.54, 1.807) is 5.57 Å². The van der Waals surface area contributed by atoms with Gasteiger partial charge in [-0.3, -0.25) is 0 Å². The highest BCUT2D eigenvalue weighted by atomic mass is 35.5. The first-order valence-corrected chi connectivity index (χ1v) is 4.60. The molecule has 1 rings (SSSR count). The molecule has 1 N–H and O–H groups in total. The van der Waals surface area contributed by atoms with Crippen molar-refractivity contribution in [3.8, 4) is 0 Å². The molecule has 0 spiro atoms. The van der Waals surface area contributed by atoms with Crippen LogP contribution in [0, 0.1) is 0 Å². The van der Waals surface area contributed by atoms with Gasteiger partial charge in [0, 0.05) is 11.6 Å². The molecule has 0 radical (unpaired) electrons. The van der Waals surface area contributed by atoms with Crippen LogP contribution in [0.15, 0.2) is 23.3 Å². The summed E-state index contributed by atoms with van der Waals surface area (Å²) in [5.74, 6) is 0. The van der Waals surface area contributed by atoms with Gasteiger partial charge in [0.2, 0.25) is 0 Å². The minimum Gasteiger partial charge on any atom is -0.469 e. The molecule has 0 heterocycles. The lowest BCUT2D eigenvalue weighted by atomic mass is 9.97. The maximum atomic E-state index is 8.77. The van der Waals surface area contributed by atoms with Crippen LogP contribution in [-0.4, -0.2) is 10.5 Å². The van der Waals surface area contributed by atoms with Crippen molar-refractivity contribution in [1.29, 1.82) is 0 Å². The minimum atomic E-state index is -1.36. The average molecular weight is 203 g/mol. The van der Waals surface area contributed by atoms with E-state index >= 15 is 0 Å². The van der Waals surface area contributed by atoms with E-state index < -0.39 is 5.43 Å². The summed E-state index contributed by atoms with van der Waals surface area (Å²) in [7, 11) is 0. The number of carbonyl (C=O) groups is 1. The third-order valence-corrected chi connectivity index (χ3v) is 1.85. The van der Waals surface area contributed by atoms with Crippen molar-refractivity contribution < 1.29 is 9.90 Å². The monoisotopic (exact) mass is 202 g/mol. The van der Waals surface area contributed by atoms with Crippen molar-refractivity contribution in [2.75, 3.05) is 0 Å². The molecule has 74 valence electrons. The molecule has 0 aromatic rings. The second kappa shape index (κ2) is 6.72. The quantitative estimate of drug-likeness (QED) is 0.477. The zero-order chi connectivity index (χ0) is 10.3. The highest BCUT2D eigenvalue weighted by Crippen LogP contribution is 2.19. The van der Waals surface area contributed by atoms with Crippen LogP contribution in [0.5, 0.6) is 0 Å². The number of hydrogen-bond donors (Lipinski definition) is 1. The van der Waals surface area contributed by atoms with Gasteiger partial charge in [0.15, 0.2) is 0 Å². The molecular weight excluding hydrogens is 188 g/mol. The fraction of sp³-hybridized carbons (Fsp3) is 0.500. The zero-order valence-electron chi connectivity index (χ0n) is 8.01. The Balaban J connectivity index is 0.000000310. The van der Waals surface area contributed by atoms with E-state index in [-0.39, 0.29) is 0 Å². The Labute approximate surface area is 83.9 Å². The van der Waals surface area contributed by atoms with Crippen LogP contribution >= 0.6 is 11.6 Å². The molecule has 0 aromatic carbocycles. The second-order valence-corrected chi connectivity index (χ2v) is 3.39. The molecule has 0 amide bonds. The summed E-state index contributed by atoms with van der Waals surface area (Å²) < 4.78 is 0. The van der Waals surface area contributed by atoms with E-state index in [2.05, 4.69) is 37.6 Å². The predicted octanol–water partition coefficient (Wildman–Crippen LogP) is 3.97. The highest BCUT2D eigenvalue weighted by molar-refractivity contribution is 6.60. The van der Waals surface area contributed by atoms with Gasteiger partial charge >= 0.3 is 5.43 Å². The van der Waals surface area contributed by atoms with Crippen LogP contribution in [0.2, 0.25) is 0 Å². The minimum absolute atomic E-state index is 1.20. The first-order chi connectivity index (χ1) is 6.04. The largest absolute Gasteiger partial charge is 0.469 e. The Bertz CT molecular complexity index is 221. The summed E-state index contributed by atoms with van der Waals surface area (Å²) in [6.45, 7) is 4.41. The van der Waals surface area contributed by atoms with Crippen molar-refractivity contribution in [1.82, 2.24) is 0 Å². The maximum absolute atomic E-state index is 8.77. The molecule has 1 aliphatic rings. The summed E-state index contributed by atoms with van der Waals surface area (Å²) in [5.41, 5.74) is 1.79. The Morgan fingerprint density at radius 3 is 2.23 bits per heavy atom. The molecule has 0 saturated heterocycles. The molecular formula is C10H15ClO2. The highest BCUT2D eigenvalue weighted by Gasteiger charge is 1.99. The normalized spacial score (nSPS) is 14.5. The summed E-state index contributed by atoms with van der Waals surface area (Å²) in [4.78, 5) is 8.77. The van der Waals surface area contributed by atoms with Crippen LogP contribution in [0.4, 0.5) is 4.79 Å². The molecule has 0 fully saturated rings. The van der Waals surface area contributed by atoms with Crippen molar-refractivity contribution in [2.45, 2.75) is 33.1 Å². The summed E-state index contributed by atoms with van der Waals surface area (Å²) >= 11 is 4.19. The molecule has 1 aliphatic carbocycles. The third kappa shape index (κ3) is 7.60. The van der Waals surface area contributed by atoms with Crippen LogP contribution in [0.1, 0.15) is 33.1 Å². The summed E-state index contributed by atoms with van der Waals surface area (Å²) in [6, 6.07) is 0. The van der Waals surface area contributed by atoms with Crippen molar-refractivity contribution in [2.24, 2.45) is 0 Å². The number of rotatable bonds is 0. The first-order valence-electron chi connectivity index (χ1n) is 4.22. The number of halogens is 1. The first kappa shape index (κ1) is 12.2. The molecule has 0 bridgehead atoms. The topological polar surface area (TPSA) is 37.3 Å². The Hall–Kier alpha value is -0.760. The van der Waals surface area contributed by atoms with Gasteiger partial charge in [-0.15, -0.1) is 0 Å². The molecule has 0 unspecified atom stereocenters.